The first-order valence-corrected chi connectivity index (χ1v) is 7.58. The van der Waals surface area contributed by atoms with E-state index in [-0.39, 0.29) is 11.9 Å². The number of fused-ring (bicyclic) bond motifs is 1. The summed E-state index contributed by atoms with van der Waals surface area (Å²) in [6.45, 7) is 3.27. The lowest BCUT2D eigenvalue weighted by atomic mass is 9.96. The molecule has 1 amide bonds. The van der Waals surface area contributed by atoms with E-state index in [0.717, 1.165) is 43.9 Å². The van der Waals surface area contributed by atoms with Gasteiger partial charge in [0.2, 0.25) is 11.2 Å². The summed E-state index contributed by atoms with van der Waals surface area (Å²) in [4.78, 5) is 22.2. The molecule has 1 fully saturated rings. The van der Waals surface area contributed by atoms with Gasteiger partial charge in [-0.25, -0.2) is 9.97 Å². The Morgan fingerprint density at radius 3 is 2.95 bits per heavy atom. The molecule has 1 saturated heterocycles. The van der Waals surface area contributed by atoms with Crippen molar-refractivity contribution in [2.45, 2.75) is 45.1 Å². The number of aryl methyl sites for hydroxylation is 1. The van der Waals surface area contributed by atoms with Gasteiger partial charge in [-0.15, -0.1) is 0 Å². The quantitative estimate of drug-likeness (QED) is 0.844. The largest absolute Gasteiger partial charge is 0.354 e. The zero-order valence-corrected chi connectivity index (χ0v) is 12.4. The maximum absolute atomic E-state index is 11.2. The SMILES string of the molecule is CC(=O)NC1CCN(c2nc(Cl)nc3c2CCCC3)C1. The molecule has 0 saturated carbocycles. The minimum atomic E-state index is 0.0274. The van der Waals surface area contributed by atoms with Crippen LogP contribution in [0.3, 0.4) is 0 Å². The van der Waals surface area contributed by atoms with Gasteiger partial charge in [-0.2, -0.15) is 0 Å². The molecule has 1 aromatic rings. The molecule has 1 atom stereocenters. The highest BCUT2D eigenvalue weighted by Gasteiger charge is 2.28. The van der Waals surface area contributed by atoms with Crippen molar-refractivity contribution in [2.75, 3.05) is 18.0 Å². The van der Waals surface area contributed by atoms with Crippen molar-refractivity contribution in [1.82, 2.24) is 15.3 Å². The average Bonchev–Trinajstić information content (AvgIpc) is 2.85. The Morgan fingerprint density at radius 1 is 1.35 bits per heavy atom. The van der Waals surface area contributed by atoms with Crippen LogP contribution < -0.4 is 10.2 Å². The van der Waals surface area contributed by atoms with E-state index in [1.54, 1.807) is 6.92 Å². The molecule has 3 rings (SSSR count). The minimum Gasteiger partial charge on any atom is -0.354 e. The number of aromatic nitrogens is 2. The summed E-state index contributed by atoms with van der Waals surface area (Å²) in [5.41, 5.74) is 2.36. The molecule has 1 aliphatic carbocycles. The Hall–Kier alpha value is -1.36. The van der Waals surface area contributed by atoms with E-state index in [4.69, 9.17) is 11.6 Å². The number of anilines is 1. The Bertz CT molecular complexity index is 534. The second-order valence-electron chi connectivity index (χ2n) is 5.58. The van der Waals surface area contributed by atoms with Crippen molar-refractivity contribution >= 4 is 23.3 Å². The Labute approximate surface area is 123 Å². The summed E-state index contributed by atoms with van der Waals surface area (Å²) >= 11 is 6.06. The second kappa shape index (κ2) is 5.56. The summed E-state index contributed by atoms with van der Waals surface area (Å²) in [6, 6.07) is 0.209. The van der Waals surface area contributed by atoms with Gasteiger partial charge >= 0.3 is 0 Å². The van der Waals surface area contributed by atoms with Crippen molar-refractivity contribution in [3.63, 3.8) is 0 Å². The van der Waals surface area contributed by atoms with Gasteiger partial charge in [0.15, 0.2) is 0 Å². The summed E-state index contributed by atoms with van der Waals surface area (Å²) in [5.74, 6) is 1.01. The van der Waals surface area contributed by atoms with E-state index in [2.05, 4.69) is 20.2 Å². The van der Waals surface area contributed by atoms with Crippen LogP contribution in [0.5, 0.6) is 0 Å². The fourth-order valence-corrected chi connectivity index (χ4v) is 3.35. The number of carbonyl (C=O) groups is 1. The molecule has 0 radical (unpaired) electrons. The number of hydrogen-bond donors (Lipinski definition) is 1. The van der Waals surface area contributed by atoms with Crippen LogP contribution in [0.4, 0.5) is 5.82 Å². The highest BCUT2D eigenvalue weighted by atomic mass is 35.5. The van der Waals surface area contributed by atoms with E-state index in [1.807, 2.05) is 0 Å². The molecule has 0 spiro atoms. The van der Waals surface area contributed by atoms with Gasteiger partial charge in [-0.1, -0.05) is 0 Å². The molecular formula is C14H19ClN4O. The van der Waals surface area contributed by atoms with Crippen molar-refractivity contribution in [2.24, 2.45) is 0 Å². The summed E-state index contributed by atoms with van der Waals surface area (Å²) < 4.78 is 0. The number of nitrogens with zero attached hydrogens (tertiary/aromatic N) is 3. The third-order valence-corrected chi connectivity index (χ3v) is 4.20. The standard InChI is InChI=1S/C14H19ClN4O/c1-9(20)16-10-6-7-19(8-10)13-11-4-2-3-5-12(11)17-14(15)18-13/h10H,2-8H2,1H3,(H,16,20). The first kappa shape index (κ1) is 13.6. The van der Waals surface area contributed by atoms with Crippen molar-refractivity contribution in [3.8, 4) is 0 Å². The fourth-order valence-electron chi connectivity index (χ4n) is 3.16. The lowest BCUT2D eigenvalue weighted by Crippen LogP contribution is -2.36. The number of rotatable bonds is 2. The van der Waals surface area contributed by atoms with Gasteiger partial charge in [0, 0.05) is 31.6 Å². The molecule has 1 unspecified atom stereocenters. The molecule has 2 aliphatic rings. The number of nitrogens with one attached hydrogen (secondary N) is 1. The van der Waals surface area contributed by atoms with Crippen molar-refractivity contribution in [3.05, 3.63) is 16.5 Å². The molecular weight excluding hydrogens is 276 g/mol. The number of hydrogen-bond acceptors (Lipinski definition) is 4. The first-order valence-electron chi connectivity index (χ1n) is 7.21. The van der Waals surface area contributed by atoms with E-state index in [1.165, 1.54) is 18.4 Å². The third kappa shape index (κ3) is 2.73. The predicted octanol–water partition coefficient (Wildman–Crippen LogP) is 1.72. The molecule has 20 heavy (non-hydrogen) atoms. The lowest BCUT2D eigenvalue weighted by molar-refractivity contribution is -0.119. The molecule has 6 heteroatoms. The van der Waals surface area contributed by atoms with Crippen LogP contribution in [0.25, 0.3) is 0 Å². The van der Waals surface area contributed by atoms with Crippen LogP contribution in [-0.4, -0.2) is 35.0 Å². The van der Waals surface area contributed by atoms with Crippen LogP contribution in [0.2, 0.25) is 5.28 Å². The summed E-state index contributed by atoms with van der Waals surface area (Å²) in [6.07, 6.45) is 5.34. The highest BCUT2D eigenvalue weighted by molar-refractivity contribution is 6.28. The van der Waals surface area contributed by atoms with Gasteiger partial charge in [-0.3, -0.25) is 4.79 Å². The fraction of sp³-hybridized carbons (Fsp3) is 0.643. The molecule has 2 heterocycles. The van der Waals surface area contributed by atoms with Crippen LogP contribution in [-0.2, 0) is 17.6 Å². The monoisotopic (exact) mass is 294 g/mol. The smallest absolute Gasteiger partial charge is 0.224 e. The summed E-state index contributed by atoms with van der Waals surface area (Å²) in [5, 5.41) is 3.32. The number of carbonyl (C=O) groups excluding carboxylic acids is 1. The highest BCUT2D eigenvalue weighted by Crippen LogP contribution is 2.30. The topological polar surface area (TPSA) is 58.1 Å². The zero-order valence-electron chi connectivity index (χ0n) is 11.7. The van der Waals surface area contributed by atoms with E-state index < -0.39 is 0 Å². The van der Waals surface area contributed by atoms with E-state index in [9.17, 15) is 4.79 Å². The molecule has 5 nitrogen and oxygen atoms in total. The maximum Gasteiger partial charge on any atom is 0.224 e. The van der Waals surface area contributed by atoms with Gasteiger partial charge in [0.05, 0.1) is 5.69 Å². The normalized spacial score (nSPS) is 21.7. The Kier molecular flexibility index (Phi) is 3.78. The molecule has 1 aliphatic heterocycles. The zero-order chi connectivity index (χ0) is 14.1. The second-order valence-corrected chi connectivity index (χ2v) is 5.92. The maximum atomic E-state index is 11.2. The third-order valence-electron chi connectivity index (χ3n) is 4.03. The van der Waals surface area contributed by atoms with Crippen LogP contribution in [0.15, 0.2) is 0 Å². The molecule has 1 aromatic heterocycles. The molecule has 1 N–H and O–H groups in total. The Balaban J connectivity index is 1.84. The van der Waals surface area contributed by atoms with Crippen LogP contribution in [0.1, 0.15) is 37.4 Å². The van der Waals surface area contributed by atoms with Gasteiger partial charge < -0.3 is 10.2 Å². The van der Waals surface area contributed by atoms with E-state index >= 15 is 0 Å². The molecule has 108 valence electrons. The number of amides is 1. The molecule has 0 aromatic carbocycles. The van der Waals surface area contributed by atoms with Crippen LogP contribution in [0, 0.1) is 0 Å². The number of halogens is 1. The van der Waals surface area contributed by atoms with Gasteiger partial charge in [0.1, 0.15) is 5.82 Å². The average molecular weight is 295 g/mol. The Morgan fingerprint density at radius 2 is 2.15 bits per heavy atom. The first-order chi connectivity index (χ1) is 9.63. The summed E-state index contributed by atoms with van der Waals surface area (Å²) in [7, 11) is 0. The van der Waals surface area contributed by atoms with Crippen LogP contribution >= 0.6 is 11.6 Å². The lowest BCUT2D eigenvalue weighted by Gasteiger charge is -2.24. The predicted molar refractivity (Wildman–Crippen MR) is 78.1 cm³/mol. The molecule has 0 bridgehead atoms. The van der Waals surface area contributed by atoms with Gasteiger partial charge in [-0.05, 0) is 43.7 Å². The van der Waals surface area contributed by atoms with Crippen molar-refractivity contribution < 1.29 is 4.79 Å². The van der Waals surface area contributed by atoms with E-state index in [0.29, 0.717) is 5.28 Å². The minimum absolute atomic E-state index is 0.0274. The van der Waals surface area contributed by atoms with Gasteiger partial charge in [0.25, 0.3) is 0 Å². The van der Waals surface area contributed by atoms with Crippen molar-refractivity contribution in [1.29, 1.82) is 0 Å².